The smallest absolute Gasteiger partial charge is 0.288 e. The van der Waals surface area contributed by atoms with Gasteiger partial charge in [-0.2, -0.15) is 0 Å². The van der Waals surface area contributed by atoms with Gasteiger partial charge in [-0.15, -0.1) is 0 Å². The molecule has 0 unspecified atom stereocenters. The van der Waals surface area contributed by atoms with Crippen LogP contribution in [0.2, 0.25) is 5.02 Å². The molecule has 1 aromatic carbocycles. The number of benzene rings is 1. The van der Waals surface area contributed by atoms with Crippen molar-refractivity contribution in [2.75, 3.05) is 11.9 Å². The second-order valence-corrected chi connectivity index (χ2v) is 4.67. The van der Waals surface area contributed by atoms with E-state index >= 15 is 0 Å². The van der Waals surface area contributed by atoms with Gasteiger partial charge in [0.15, 0.2) is 0 Å². The summed E-state index contributed by atoms with van der Waals surface area (Å²) in [5, 5.41) is 14.0. The van der Waals surface area contributed by atoms with E-state index in [4.69, 9.17) is 11.6 Å². The van der Waals surface area contributed by atoms with Crippen LogP contribution in [-0.4, -0.2) is 11.5 Å². The fourth-order valence-electron chi connectivity index (χ4n) is 1.73. The largest absolute Gasteiger partial charge is 0.385 e. The van der Waals surface area contributed by atoms with Crippen LogP contribution in [-0.2, 0) is 0 Å². The van der Waals surface area contributed by atoms with Crippen LogP contribution in [0.25, 0.3) is 0 Å². The van der Waals surface area contributed by atoms with Gasteiger partial charge in [0.25, 0.3) is 5.69 Å². The van der Waals surface area contributed by atoms with Crippen molar-refractivity contribution in [3.8, 4) is 0 Å². The number of hydrogen-bond donors (Lipinski definition) is 1. The third-order valence-electron chi connectivity index (χ3n) is 2.75. The maximum atomic E-state index is 10.6. The normalized spacial score (nSPS) is 10.3. The van der Waals surface area contributed by atoms with Crippen molar-refractivity contribution in [1.82, 2.24) is 0 Å². The number of rotatable bonds is 8. The van der Waals surface area contributed by atoms with Crippen LogP contribution < -0.4 is 5.32 Å². The lowest BCUT2D eigenvalue weighted by atomic mass is 10.1. The Balaban J connectivity index is 2.35. The molecule has 0 saturated carbocycles. The molecule has 1 N–H and O–H groups in total. The highest BCUT2D eigenvalue weighted by Crippen LogP contribution is 2.27. The van der Waals surface area contributed by atoms with Gasteiger partial charge in [-0.25, -0.2) is 0 Å². The summed E-state index contributed by atoms with van der Waals surface area (Å²) < 4.78 is 0. The Morgan fingerprint density at radius 1 is 1.28 bits per heavy atom. The Bertz CT molecular complexity index is 397. The molecule has 5 heteroatoms. The van der Waals surface area contributed by atoms with Gasteiger partial charge in [0.1, 0.15) is 5.02 Å². The summed E-state index contributed by atoms with van der Waals surface area (Å²) in [5.41, 5.74) is 0.784. The topological polar surface area (TPSA) is 55.2 Å². The second kappa shape index (κ2) is 7.93. The number of anilines is 1. The molecular formula is C13H19ClN2O2. The quantitative estimate of drug-likeness (QED) is 0.426. The van der Waals surface area contributed by atoms with Gasteiger partial charge in [0.05, 0.1) is 4.92 Å². The van der Waals surface area contributed by atoms with Crippen LogP contribution in [0.5, 0.6) is 0 Å². The first-order valence-electron chi connectivity index (χ1n) is 6.33. The molecule has 0 radical (unpaired) electrons. The summed E-state index contributed by atoms with van der Waals surface area (Å²) in [6.07, 6.45) is 6.10. The Labute approximate surface area is 112 Å². The van der Waals surface area contributed by atoms with E-state index in [1.165, 1.54) is 31.7 Å². The monoisotopic (exact) mass is 270 g/mol. The van der Waals surface area contributed by atoms with Crippen LogP contribution >= 0.6 is 11.6 Å². The molecule has 1 rings (SSSR count). The molecule has 0 heterocycles. The third-order valence-corrected chi connectivity index (χ3v) is 3.06. The number of nitrogens with zero attached hydrogens (tertiary/aromatic N) is 1. The zero-order valence-corrected chi connectivity index (χ0v) is 11.4. The van der Waals surface area contributed by atoms with Crippen molar-refractivity contribution in [1.29, 1.82) is 0 Å². The van der Waals surface area contributed by atoms with Crippen LogP contribution in [0.1, 0.15) is 39.0 Å². The molecule has 4 nitrogen and oxygen atoms in total. The van der Waals surface area contributed by atoms with Crippen molar-refractivity contribution in [3.63, 3.8) is 0 Å². The summed E-state index contributed by atoms with van der Waals surface area (Å²) in [6, 6.07) is 4.73. The molecule has 0 amide bonds. The van der Waals surface area contributed by atoms with Crippen LogP contribution in [0.3, 0.4) is 0 Å². The number of nitro benzene ring substituents is 1. The SMILES string of the molecule is CCCCCCCNc1ccc([N+](=O)[O-])c(Cl)c1. The fourth-order valence-corrected chi connectivity index (χ4v) is 1.98. The van der Waals surface area contributed by atoms with Crippen LogP contribution in [0.15, 0.2) is 18.2 Å². The molecule has 0 aliphatic carbocycles. The Hall–Kier alpha value is -1.29. The standard InChI is InChI=1S/C13H19ClN2O2/c1-2-3-4-5-6-9-15-11-7-8-13(16(17)18)12(14)10-11/h7-8,10,15H,2-6,9H2,1H3. The second-order valence-electron chi connectivity index (χ2n) is 4.26. The lowest BCUT2D eigenvalue weighted by Gasteiger charge is -2.06. The molecule has 0 aliphatic rings. The Kier molecular flexibility index (Phi) is 6.50. The van der Waals surface area contributed by atoms with Crippen molar-refractivity contribution in [2.45, 2.75) is 39.0 Å². The molecule has 0 saturated heterocycles. The van der Waals surface area contributed by atoms with Gasteiger partial charge in [-0.1, -0.05) is 44.2 Å². The Morgan fingerprint density at radius 3 is 2.61 bits per heavy atom. The average Bonchev–Trinajstić information content (AvgIpc) is 2.33. The van der Waals surface area contributed by atoms with E-state index in [9.17, 15) is 10.1 Å². The first-order chi connectivity index (χ1) is 8.65. The molecule has 0 aromatic heterocycles. The number of nitrogens with one attached hydrogen (secondary N) is 1. The predicted molar refractivity (Wildman–Crippen MR) is 75.4 cm³/mol. The molecule has 0 aliphatic heterocycles. The molecule has 0 spiro atoms. The number of halogens is 1. The van der Waals surface area contributed by atoms with Gasteiger partial charge in [0, 0.05) is 18.3 Å². The van der Waals surface area contributed by atoms with Crippen LogP contribution in [0.4, 0.5) is 11.4 Å². The molecule has 0 bridgehead atoms. The minimum absolute atomic E-state index is 0.0508. The maximum absolute atomic E-state index is 10.6. The minimum atomic E-state index is -0.475. The van der Waals surface area contributed by atoms with Crippen molar-refractivity contribution in [2.24, 2.45) is 0 Å². The van der Waals surface area contributed by atoms with Gasteiger partial charge in [-0.3, -0.25) is 10.1 Å². The maximum Gasteiger partial charge on any atom is 0.288 e. The van der Waals surface area contributed by atoms with Gasteiger partial charge in [-0.05, 0) is 18.6 Å². The third kappa shape index (κ3) is 4.92. The Morgan fingerprint density at radius 2 is 2.00 bits per heavy atom. The number of hydrogen-bond acceptors (Lipinski definition) is 3. The van der Waals surface area contributed by atoms with E-state index in [-0.39, 0.29) is 10.7 Å². The first kappa shape index (κ1) is 14.8. The lowest BCUT2D eigenvalue weighted by Crippen LogP contribution is -2.01. The van der Waals surface area contributed by atoms with E-state index in [0.29, 0.717) is 0 Å². The first-order valence-corrected chi connectivity index (χ1v) is 6.70. The zero-order valence-electron chi connectivity index (χ0n) is 10.6. The number of unbranched alkanes of at least 4 members (excludes halogenated alkanes) is 4. The van der Waals surface area contributed by atoms with E-state index < -0.39 is 4.92 Å². The minimum Gasteiger partial charge on any atom is -0.385 e. The lowest BCUT2D eigenvalue weighted by molar-refractivity contribution is -0.384. The molecular weight excluding hydrogens is 252 g/mol. The average molecular weight is 271 g/mol. The summed E-state index contributed by atoms with van der Waals surface area (Å²) in [5.74, 6) is 0. The summed E-state index contributed by atoms with van der Waals surface area (Å²) >= 11 is 5.82. The molecule has 1 aromatic rings. The highest BCUT2D eigenvalue weighted by Gasteiger charge is 2.11. The van der Waals surface area contributed by atoms with Crippen molar-refractivity contribution < 1.29 is 4.92 Å². The van der Waals surface area contributed by atoms with Gasteiger partial charge < -0.3 is 5.32 Å². The number of nitro groups is 1. The van der Waals surface area contributed by atoms with E-state index in [2.05, 4.69) is 12.2 Å². The zero-order chi connectivity index (χ0) is 13.4. The van der Waals surface area contributed by atoms with Crippen molar-refractivity contribution in [3.05, 3.63) is 33.3 Å². The van der Waals surface area contributed by atoms with Gasteiger partial charge in [0.2, 0.25) is 0 Å². The van der Waals surface area contributed by atoms with E-state index in [1.54, 1.807) is 12.1 Å². The molecule has 18 heavy (non-hydrogen) atoms. The van der Waals surface area contributed by atoms with Crippen molar-refractivity contribution >= 4 is 23.0 Å². The van der Waals surface area contributed by atoms with Gasteiger partial charge >= 0.3 is 0 Å². The highest BCUT2D eigenvalue weighted by atomic mass is 35.5. The molecule has 0 fully saturated rings. The summed E-state index contributed by atoms with van der Waals surface area (Å²) in [7, 11) is 0. The van der Waals surface area contributed by atoms with Crippen LogP contribution in [0, 0.1) is 10.1 Å². The summed E-state index contributed by atoms with van der Waals surface area (Å²) in [4.78, 5) is 10.1. The van der Waals surface area contributed by atoms with E-state index in [1.807, 2.05) is 0 Å². The molecule has 0 atom stereocenters. The molecule has 100 valence electrons. The predicted octanol–water partition coefficient (Wildman–Crippen LogP) is 4.63. The highest BCUT2D eigenvalue weighted by molar-refractivity contribution is 6.32. The summed E-state index contributed by atoms with van der Waals surface area (Å²) in [6.45, 7) is 3.06. The fraction of sp³-hybridized carbons (Fsp3) is 0.538. The van der Waals surface area contributed by atoms with E-state index in [0.717, 1.165) is 18.7 Å².